The van der Waals surface area contributed by atoms with E-state index >= 15 is 0 Å². The van der Waals surface area contributed by atoms with Crippen LogP contribution >= 0.6 is 11.0 Å². The highest BCUT2D eigenvalue weighted by atomic mass is 32.3. The SMILES string of the molecule is O=C(O)C(F)(F)S(O)(O)F. The van der Waals surface area contributed by atoms with Gasteiger partial charge in [0.1, 0.15) is 0 Å². The summed E-state index contributed by atoms with van der Waals surface area (Å²) in [4.78, 5) is 9.38. The Morgan fingerprint density at radius 1 is 1.40 bits per heavy atom. The second-order valence-corrected chi connectivity index (χ2v) is 2.77. The van der Waals surface area contributed by atoms with Gasteiger partial charge in [-0.2, -0.15) is 8.78 Å². The molecule has 0 aromatic heterocycles. The zero-order chi connectivity index (χ0) is 8.58. The molecular weight excluding hydrogens is 177 g/mol. The van der Waals surface area contributed by atoms with Gasteiger partial charge in [0.25, 0.3) is 0 Å². The third-order valence-corrected chi connectivity index (χ3v) is 1.40. The number of hydrogen-bond donors (Lipinski definition) is 3. The fourth-order valence-electron chi connectivity index (χ4n) is 0.111. The van der Waals surface area contributed by atoms with Crippen LogP contribution in [0.5, 0.6) is 0 Å². The molecule has 0 spiro atoms. The molecular formula is C2H3F3O4S. The van der Waals surface area contributed by atoms with Crippen molar-refractivity contribution >= 4 is 16.9 Å². The van der Waals surface area contributed by atoms with Gasteiger partial charge in [0.15, 0.2) is 0 Å². The predicted molar refractivity (Wildman–Crippen MR) is 26.5 cm³/mol. The summed E-state index contributed by atoms with van der Waals surface area (Å²) in [6, 6.07) is 0. The first kappa shape index (κ1) is 9.53. The maximum atomic E-state index is 11.6. The summed E-state index contributed by atoms with van der Waals surface area (Å²) in [7, 11) is -5.83. The molecule has 10 heavy (non-hydrogen) atoms. The van der Waals surface area contributed by atoms with Crippen molar-refractivity contribution < 1.29 is 31.7 Å². The number of hydrogen-bond acceptors (Lipinski definition) is 3. The van der Waals surface area contributed by atoms with Gasteiger partial charge < -0.3 is 5.11 Å². The first-order valence-corrected chi connectivity index (χ1v) is 3.23. The molecule has 0 aliphatic rings. The van der Waals surface area contributed by atoms with E-state index in [2.05, 4.69) is 0 Å². The van der Waals surface area contributed by atoms with E-state index in [1.54, 1.807) is 0 Å². The van der Waals surface area contributed by atoms with E-state index in [0.717, 1.165) is 0 Å². The van der Waals surface area contributed by atoms with Crippen molar-refractivity contribution in [1.29, 1.82) is 0 Å². The Morgan fingerprint density at radius 3 is 1.70 bits per heavy atom. The Bertz CT molecular complexity index is 151. The number of carboxylic acid groups (broad SMARTS) is 1. The molecule has 0 aromatic carbocycles. The minimum absolute atomic E-state index is 2.91. The zero-order valence-corrected chi connectivity index (χ0v) is 5.11. The summed E-state index contributed by atoms with van der Waals surface area (Å²) in [5, 5.41) is 2.37. The molecule has 4 nitrogen and oxygen atoms in total. The van der Waals surface area contributed by atoms with Crippen LogP contribution in [-0.2, 0) is 4.79 Å². The van der Waals surface area contributed by atoms with Crippen molar-refractivity contribution in [2.45, 2.75) is 5.25 Å². The molecule has 0 unspecified atom stereocenters. The van der Waals surface area contributed by atoms with Crippen LogP contribution in [0.2, 0.25) is 0 Å². The lowest BCUT2D eigenvalue weighted by atomic mass is 10.7. The fourth-order valence-corrected chi connectivity index (χ4v) is 0.333. The van der Waals surface area contributed by atoms with Crippen molar-refractivity contribution in [2.75, 3.05) is 0 Å². The van der Waals surface area contributed by atoms with Crippen molar-refractivity contribution in [2.24, 2.45) is 0 Å². The molecule has 0 heterocycles. The van der Waals surface area contributed by atoms with Crippen LogP contribution in [0.1, 0.15) is 0 Å². The molecule has 0 amide bonds. The summed E-state index contributed by atoms with van der Waals surface area (Å²) in [6.07, 6.45) is 0. The van der Waals surface area contributed by atoms with Crippen LogP contribution in [-0.4, -0.2) is 25.4 Å². The maximum absolute atomic E-state index is 11.6. The smallest absolute Gasteiger partial charge is 0.461 e. The number of halogens is 3. The Morgan fingerprint density at radius 2 is 1.70 bits per heavy atom. The largest absolute Gasteiger partial charge is 0.475 e. The number of rotatable bonds is 2. The molecule has 0 saturated heterocycles. The van der Waals surface area contributed by atoms with Gasteiger partial charge in [-0.05, 0) is 0 Å². The standard InChI is InChI=1S/C2H3F3O4S/c3-2(4,1(6)7)10(5,8)9/h8-9H,(H,6,7). The van der Waals surface area contributed by atoms with Crippen molar-refractivity contribution in [1.82, 2.24) is 0 Å². The van der Waals surface area contributed by atoms with Crippen molar-refractivity contribution in [3.63, 3.8) is 0 Å². The summed E-state index contributed by atoms with van der Waals surface area (Å²) in [6.45, 7) is 0. The van der Waals surface area contributed by atoms with E-state index < -0.39 is 22.2 Å². The van der Waals surface area contributed by atoms with Crippen LogP contribution in [0.3, 0.4) is 0 Å². The summed E-state index contributed by atoms with van der Waals surface area (Å²) in [5.41, 5.74) is 0. The number of carbonyl (C=O) groups is 1. The van der Waals surface area contributed by atoms with Gasteiger partial charge in [-0.15, -0.1) is 0 Å². The van der Waals surface area contributed by atoms with E-state index in [0.29, 0.717) is 0 Å². The lowest BCUT2D eigenvalue weighted by molar-refractivity contribution is -0.154. The van der Waals surface area contributed by atoms with Crippen LogP contribution in [0.15, 0.2) is 0 Å². The van der Waals surface area contributed by atoms with Crippen molar-refractivity contribution in [3.8, 4) is 0 Å². The highest BCUT2D eigenvalue weighted by Crippen LogP contribution is 2.55. The fraction of sp³-hybridized carbons (Fsp3) is 0.500. The van der Waals surface area contributed by atoms with Gasteiger partial charge in [-0.25, -0.2) is 4.79 Å². The lowest BCUT2D eigenvalue weighted by Gasteiger charge is -2.26. The van der Waals surface area contributed by atoms with Gasteiger partial charge in [-0.1, -0.05) is 3.89 Å². The first-order chi connectivity index (χ1) is 4.19. The van der Waals surface area contributed by atoms with Crippen LogP contribution in [0, 0.1) is 0 Å². The molecule has 8 heteroatoms. The monoisotopic (exact) mass is 180 g/mol. The molecule has 0 atom stereocenters. The third-order valence-electron chi connectivity index (χ3n) is 0.575. The number of aliphatic carboxylic acids is 1. The summed E-state index contributed by atoms with van der Waals surface area (Å²) >= 11 is 0. The minimum Gasteiger partial charge on any atom is -0.475 e. The summed E-state index contributed by atoms with van der Waals surface area (Å²) in [5.74, 6) is -2.91. The van der Waals surface area contributed by atoms with E-state index in [1.165, 1.54) is 0 Å². The normalized spacial score (nSPS) is 14.9. The number of alkyl halides is 2. The first-order valence-electron chi connectivity index (χ1n) is 1.78. The highest BCUT2D eigenvalue weighted by Gasteiger charge is 2.54. The quantitative estimate of drug-likeness (QED) is 0.598. The third kappa shape index (κ3) is 1.52. The topological polar surface area (TPSA) is 77.8 Å². The van der Waals surface area contributed by atoms with E-state index in [4.69, 9.17) is 14.2 Å². The molecule has 0 aliphatic carbocycles. The molecule has 0 aromatic rings. The molecule has 0 saturated carbocycles. The zero-order valence-electron chi connectivity index (χ0n) is 4.29. The van der Waals surface area contributed by atoms with Crippen LogP contribution in [0.4, 0.5) is 12.7 Å². The van der Waals surface area contributed by atoms with E-state index in [9.17, 15) is 17.5 Å². The average Bonchev–Trinajstić information content (AvgIpc) is 1.62. The second-order valence-electron chi connectivity index (χ2n) is 1.30. The van der Waals surface area contributed by atoms with E-state index in [-0.39, 0.29) is 0 Å². The molecule has 0 rings (SSSR count). The Labute approximate surface area is 54.9 Å². The maximum Gasteiger partial charge on any atom is 0.461 e. The van der Waals surface area contributed by atoms with Crippen LogP contribution in [0.25, 0.3) is 0 Å². The number of carboxylic acids is 1. The Hall–Kier alpha value is -0.470. The average molecular weight is 180 g/mol. The minimum atomic E-state index is -5.83. The highest BCUT2D eigenvalue weighted by molar-refractivity contribution is 8.21. The molecule has 0 bridgehead atoms. The second kappa shape index (κ2) is 2.29. The molecule has 0 radical (unpaired) electrons. The van der Waals surface area contributed by atoms with Gasteiger partial charge in [0.05, 0.1) is 0 Å². The van der Waals surface area contributed by atoms with Crippen LogP contribution < -0.4 is 0 Å². The Balaban J connectivity index is 4.57. The molecule has 3 N–H and O–H groups in total. The summed E-state index contributed by atoms with van der Waals surface area (Å²) < 4.78 is 49.8. The Kier molecular flexibility index (Phi) is 2.18. The van der Waals surface area contributed by atoms with E-state index in [1.807, 2.05) is 0 Å². The van der Waals surface area contributed by atoms with Gasteiger partial charge in [0.2, 0.25) is 0 Å². The lowest BCUT2D eigenvalue weighted by Crippen LogP contribution is -2.32. The van der Waals surface area contributed by atoms with Gasteiger partial charge in [-0.3, -0.25) is 9.11 Å². The van der Waals surface area contributed by atoms with Gasteiger partial charge in [0, 0.05) is 11.0 Å². The molecule has 0 aliphatic heterocycles. The van der Waals surface area contributed by atoms with Crippen molar-refractivity contribution in [3.05, 3.63) is 0 Å². The molecule has 0 fully saturated rings. The molecule has 62 valence electrons. The van der Waals surface area contributed by atoms with Gasteiger partial charge >= 0.3 is 11.2 Å². The predicted octanol–water partition coefficient (Wildman–Crippen LogP) is 1.30.